The number of carbonyl (C=O) groups excluding carboxylic acids is 1. The van der Waals surface area contributed by atoms with Crippen molar-refractivity contribution in [3.05, 3.63) is 34.5 Å². The van der Waals surface area contributed by atoms with Gasteiger partial charge in [-0.25, -0.2) is 4.98 Å². The number of aromatic nitrogens is 3. The predicted molar refractivity (Wildman–Crippen MR) is 92.7 cm³/mol. The van der Waals surface area contributed by atoms with Crippen LogP contribution in [0.25, 0.3) is 0 Å². The van der Waals surface area contributed by atoms with Crippen molar-refractivity contribution in [1.82, 2.24) is 24.6 Å². The van der Waals surface area contributed by atoms with Gasteiger partial charge in [0.25, 0.3) is 0 Å². The molecular formula is C17H23N5OS. The summed E-state index contributed by atoms with van der Waals surface area (Å²) in [6.07, 6.45) is 6.58. The Labute approximate surface area is 146 Å². The van der Waals surface area contributed by atoms with E-state index in [1.807, 2.05) is 20.9 Å². The number of likely N-dealkylation sites (tertiary alicyclic amines) is 1. The molecule has 2 aromatic rings. The zero-order valence-electron chi connectivity index (χ0n) is 14.0. The molecule has 4 heterocycles. The highest BCUT2D eigenvalue weighted by molar-refractivity contribution is 7.10. The van der Waals surface area contributed by atoms with Gasteiger partial charge in [-0.3, -0.25) is 14.4 Å². The van der Waals surface area contributed by atoms with Gasteiger partial charge in [0, 0.05) is 24.0 Å². The lowest BCUT2D eigenvalue weighted by molar-refractivity contribution is -0.137. The summed E-state index contributed by atoms with van der Waals surface area (Å²) in [5.74, 6) is 0.261. The van der Waals surface area contributed by atoms with Crippen molar-refractivity contribution in [2.45, 2.75) is 51.4 Å². The van der Waals surface area contributed by atoms with Crippen molar-refractivity contribution in [2.24, 2.45) is 0 Å². The highest BCUT2D eigenvalue weighted by Gasteiger charge is 2.35. The molecule has 2 aliphatic rings. The maximum Gasteiger partial charge on any atom is 0.239 e. The first-order valence-corrected chi connectivity index (χ1v) is 9.52. The molecule has 0 N–H and O–H groups in total. The van der Waals surface area contributed by atoms with Crippen LogP contribution in [0.2, 0.25) is 0 Å². The summed E-state index contributed by atoms with van der Waals surface area (Å²) in [7, 11) is 0. The molecule has 0 saturated carbocycles. The van der Waals surface area contributed by atoms with E-state index in [4.69, 9.17) is 0 Å². The summed E-state index contributed by atoms with van der Waals surface area (Å²) < 4.78 is 1.87. The van der Waals surface area contributed by atoms with E-state index in [1.165, 1.54) is 10.4 Å². The standard InChI is InChI=1S/C17H23N5OS/c1-13(17(23)20-7-4-16-14(9-20)5-8-24-16)22-6-2-3-15(22)10-21-12-18-11-19-21/h5,8,11-13,15H,2-4,6-7,9-10H2,1H3/t13-,15+/m0/s1. The molecule has 1 amide bonds. The minimum atomic E-state index is -0.0683. The predicted octanol–water partition coefficient (Wildman–Crippen LogP) is 1.78. The number of thiophene rings is 1. The zero-order chi connectivity index (χ0) is 16.5. The van der Waals surface area contributed by atoms with Crippen molar-refractivity contribution in [2.75, 3.05) is 13.1 Å². The molecule has 0 aliphatic carbocycles. The third-order valence-corrected chi connectivity index (χ3v) is 6.28. The van der Waals surface area contributed by atoms with Gasteiger partial charge in [0.05, 0.1) is 12.6 Å². The highest BCUT2D eigenvalue weighted by Crippen LogP contribution is 2.27. The fraction of sp³-hybridized carbons (Fsp3) is 0.588. The van der Waals surface area contributed by atoms with Crippen LogP contribution in [-0.4, -0.2) is 55.6 Å². The number of hydrogen-bond acceptors (Lipinski definition) is 5. The van der Waals surface area contributed by atoms with Crippen molar-refractivity contribution in [3.63, 3.8) is 0 Å². The van der Waals surface area contributed by atoms with Gasteiger partial charge in [-0.15, -0.1) is 11.3 Å². The van der Waals surface area contributed by atoms with E-state index in [1.54, 1.807) is 12.7 Å². The van der Waals surface area contributed by atoms with Crippen LogP contribution in [0.3, 0.4) is 0 Å². The van der Waals surface area contributed by atoms with Gasteiger partial charge >= 0.3 is 0 Å². The van der Waals surface area contributed by atoms with E-state index in [-0.39, 0.29) is 11.9 Å². The van der Waals surface area contributed by atoms with E-state index in [0.717, 1.165) is 45.4 Å². The first-order valence-electron chi connectivity index (χ1n) is 8.64. The summed E-state index contributed by atoms with van der Waals surface area (Å²) in [5, 5.41) is 6.35. The van der Waals surface area contributed by atoms with Crippen molar-refractivity contribution in [3.8, 4) is 0 Å². The molecule has 24 heavy (non-hydrogen) atoms. The Morgan fingerprint density at radius 3 is 3.21 bits per heavy atom. The third-order valence-electron chi connectivity index (χ3n) is 5.26. The van der Waals surface area contributed by atoms with Crippen molar-refractivity contribution >= 4 is 17.2 Å². The fourth-order valence-electron chi connectivity index (χ4n) is 3.95. The van der Waals surface area contributed by atoms with Crippen LogP contribution in [0, 0.1) is 0 Å². The van der Waals surface area contributed by atoms with E-state index in [0.29, 0.717) is 6.04 Å². The second-order valence-corrected chi connectivity index (χ2v) is 7.71. The molecule has 4 rings (SSSR count). The zero-order valence-corrected chi connectivity index (χ0v) is 14.8. The maximum absolute atomic E-state index is 13.0. The monoisotopic (exact) mass is 345 g/mol. The topological polar surface area (TPSA) is 54.3 Å². The summed E-state index contributed by atoms with van der Waals surface area (Å²) >= 11 is 1.81. The molecule has 2 atom stereocenters. The lowest BCUT2D eigenvalue weighted by Gasteiger charge is -2.35. The Morgan fingerprint density at radius 2 is 2.38 bits per heavy atom. The van der Waals surface area contributed by atoms with Gasteiger partial charge < -0.3 is 4.90 Å². The van der Waals surface area contributed by atoms with Crippen LogP contribution in [-0.2, 0) is 24.3 Å². The van der Waals surface area contributed by atoms with E-state index >= 15 is 0 Å². The normalized spacial score (nSPS) is 22.5. The summed E-state index contributed by atoms with van der Waals surface area (Å²) in [5.41, 5.74) is 1.33. The molecule has 1 fully saturated rings. The Morgan fingerprint density at radius 1 is 1.46 bits per heavy atom. The number of hydrogen-bond donors (Lipinski definition) is 0. The fourth-order valence-corrected chi connectivity index (χ4v) is 4.84. The minimum absolute atomic E-state index is 0.0683. The summed E-state index contributed by atoms with van der Waals surface area (Å²) in [6, 6.07) is 2.46. The second kappa shape index (κ2) is 6.64. The molecule has 1 saturated heterocycles. The van der Waals surface area contributed by atoms with Crippen LogP contribution in [0.4, 0.5) is 0 Å². The van der Waals surface area contributed by atoms with Gasteiger partial charge in [0.1, 0.15) is 12.7 Å². The third kappa shape index (κ3) is 2.98. The molecule has 2 aromatic heterocycles. The van der Waals surface area contributed by atoms with Crippen LogP contribution in [0.15, 0.2) is 24.1 Å². The number of rotatable bonds is 4. The molecule has 0 bridgehead atoms. The SMILES string of the molecule is C[C@@H](C(=O)N1CCc2sccc2C1)N1CCC[C@@H]1Cn1cncn1. The maximum atomic E-state index is 13.0. The lowest BCUT2D eigenvalue weighted by atomic mass is 10.1. The molecule has 128 valence electrons. The lowest BCUT2D eigenvalue weighted by Crippen LogP contribution is -2.50. The van der Waals surface area contributed by atoms with E-state index in [2.05, 4.69) is 33.4 Å². The van der Waals surface area contributed by atoms with Gasteiger partial charge in [-0.2, -0.15) is 5.10 Å². The molecule has 0 aromatic carbocycles. The second-order valence-electron chi connectivity index (χ2n) is 6.71. The first kappa shape index (κ1) is 15.8. The number of carbonyl (C=O) groups is 1. The average Bonchev–Trinajstić information content (AvgIpc) is 3.34. The van der Waals surface area contributed by atoms with Gasteiger partial charge in [0.15, 0.2) is 0 Å². The average molecular weight is 345 g/mol. The molecule has 0 spiro atoms. The number of nitrogens with zero attached hydrogens (tertiary/aromatic N) is 5. The molecule has 6 nitrogen and oxygen atoms in total. The van der Waals surface area contributed by atoms with E-state index < -0.39 is 0 Å². The Balaban J connectivity index is 1.42. The molecular weight excluding hydrogens is 322 g/mol. The molecule has 0 unspecified atom stereocenters. The number of amides is 1. The van der Waals surface area contributed by atoms with Crippen LogP contribution in [0.5, 0.6) is 0 Å². The van der Waals surface area contributed by atoms with Crippen molar-refractivity contribution in [1.29, 1.82) is 0 Å². The quantitative estimate of drug-likeness (QED) is 0.848. The highest BCUT2D eigenvalue weighted by atomic mass is 32.1. The summed E-state index contributed by atoms with van der Waals surface area (Å²) in [6.45, 7) is 5.48. The van der Waals surface area contributed by atoms with Gasteiger partial charge in [-0.1, -0.05) is 0 Å². The minimum Gasteiger partial charge on any atom is -0.337 e. The number of fused-ring (bicyclic) bond motifs is 1. The summed E-state index contributed by atoms with van der Waals surface area (Å²) in [4.78, 5) is 22.9. The largest absolute Gasteiger partial charge is 0.337 e. The van der Waals surface area contributed by atoms with Crippen LogP contribution >= 0.6 is 11.3 Å². The Bertz CT molecular complexity index is 698. The van der Waals surface area contributed by atoms with Gasteiger partial charge in [-0.05, 0) is 49.7 Å². The smallest absolute Gasteiger partial charge is 0.239 e. The Kier molecular flexibility index (Phi) is 4.37. The molecule has 7 heteroatoms. The van der Waals surface area contributed by atoms with Gasteiger partial charge in [0.2, 0.25) is 5.91 Å². The van der Waals surface area contributed by atoms with Crippen molar-refractivity contribution < 1.29 is 4.79 Å². The molecule has 0 radical (unpaired) electrons. The molecule has 2 aliphatic heterocycles. The van der Waals surface area contributed by atoms with Crippen LogP contribution in [0.1, 0.15) is 30.2 Å². The van der Waals surface area contributed by atoms with E-state index in [9.17, 15) is 4.79 Å². The first-order chi connectivity index (χ1) is 11.7. The van der Waals surface area contributed by atoms with Crippen LogP contribution < -0.4 is 0 Å². The Hall–Kier alpha value is -1.73.